The molecule has 0 bridgehead atoms. The molecule has 4 nitrogen and oxygen atoms in total. The van der Waals surface area contributed by atoms with Gasteiger partial charge in [-0.25, -0.2) is 0 Å². The van der Waals surface area contributed by atoms with Gasteiger partial charge in [-0.2, -0.15) is 0 Å². The maximum atomic E-state index is 12.3. The second-order valence-corrected chi connectivity index (χ2v) is 5.10. The summed E-state index contributed by atoms with van der Waals surface area (Å²) in [5.74, 6) is 0.295. The van der Waals surface area contributed by atoms with Crippen molar-refractivity contribution in [1.82, 2.24) is 15.1 Å². The van der Waals surface area contributed by atoms with Gasteiger partial charge in [0, 0.05) is 13.1 Å². The smallest absolute Gasteiger partial charge is 0.241 e. The molecule has 1 N–H and O–H groups in total. The van der Waals surface area contributed by atoms with E-state index >= 15 is 0 Å². The van der Waals surface area contributed by atoms with Crippen LogP contribution in [0.25, 0.3) is 0 Å². The van der Waals surface area contributed by atoms with E-state index in [1.165, 1.54) is 0 Å². The molecule has 106 valence electrons. The Hall–Kier alpha value is -0.610. The molecule has 4 heteroatoms. The summed E-state index contributed by atoms with van der Waals surface area (Å²) in [5, 5.41) is 3.41. The van der Waals surface area contributed by atoms with Crippen molar-refractivity contribution < 1.29 is 4.79 Å². The third-order valence-corrected chi connectivity index (χ3v) is 3.89. The molecule has 0 aromatic carbocycles. The van der Waals surface area contributed by atoms with Crippen molar-refractivity contribution >= 4 is 5.91 Å². The number of hydrogen-bond donors (Lipinski definition) is 1. The monoisotopic (exact) mass is 255 g/mol. The fourth-order valence-corrected chi connectivity index (χ4v) is 2.55. The van der Waals surface area contributed by atoms with Crippen molar-refractivity contribution in [3.8, 4) is 0 Å². The van der Waals surface area contributed by atoms with Crippen LogP contribution >= 0.6 is 0 Å². The van der Waals surface area contributed by atoms with Crippen molar-refractivity contribution in [2.24, 2.45) is 0 Å². The van der Waals surface area contributed by atoms with Crippen molar-refractivity contribution in [3.05, 3.63) is 0 Å². The lowest BCUT2D eigenvalue weighted by Gasteiger charge is -2.25. The molecule has 0 radical (unpaired) electrons. The van der Waals surface area contributed by atoms with Gasteiger partial charge < -0.3 is 9.80 Å². The van der Waals surface area contributed by atoms with Gasteiger partial charge in [0.05, 0.1) is 12.2 Å². The van der Waals surface area contributed by atoms with E-state index < -0.39 is 0 Å². The summed E-state index contributed by atoms with van der Waals surface area (Å²) in [6.45, 7) is 12.5. The van der Waals surface area contributed by atoms with E-state index in [1.807, 2.05) is 4.90 Å². The minimum Gasteiger partial charge on any atom is -0.325 e. The standard InChI is InChI=1S/C14H29N3O/c1-5-8-9-13-14(18)17(12(4)15-13)11-10-16(6-2)7-3/h12-13,15H,5-11H2,1-4H3. The first-order valence-electron chi connectivity index (χ1n) is 7.42. The normalized spacial score (nSPS) is 24.3. The Balaban J connectivity index is 2.43. The number of carbonyl (C=O) groups excluding carboxylic acids is 1. The first-order valence-corrected chi connectivity index (χ1v) is 7.42. The topological polar surface area (TPSA) is 35.6 Å². The average molecular weight is 255 g/mol. The second-order valence-electron chi connectivity index (χ2n) is 5.10. The van der Waals surface area contributed by atoms with Crippen molar-refractivity contribution in [1.29, 1.82) is 0 Å². The molecule has 1 aliphatic heterocycles. The van der Waals surface area contributed by atoms with Gasteiger partial charge in [-0.3, -0.25) is 10.1 Å². The summed E-state index contributed by atoms with van der Waals surface area (Å²) in [5.41, 5.74) is 0. The number of hydrogen-bond acceptors (Lipinski definition) is 3. The first-order chi connectivity index (χ1) is 8.63. The van der Waals surface area contributed by atoms with Gasteiger partial charge in [0.15, 0.2) is 0 Å². The van der Waals surface area contributed by atoms with E-state index in [0.717, 1.165) is 45.4 Å². The number of unbranched alkanes of at least 4 members (excludes halogenated alkanes) is 1. The summed E-state index contributed by atoms with van der Waals surface area (Å²) in [4.78, 5) is 16.6. The molecule has 1 aliphatic rings. The first kappa shape index (κ1) is 15.4. The zero-order valence-electron chi connectivity index (χ0n) is 12.4. The maximum Gasteiger partial charge on any atom is 0.241 e. The Bertz CT molecular complexity index is 253. The van der Waals surface area contributed by atoms with Gasteiger partial charge in [-0.1, -0.05) is 33.6 Å². The van der Waals surface area contributed by atoms with E-state index in [4.69, 9.17) is 0 Å². The summed E-state index contributed by atoms with van der Waals surface area (Å²) in [6.07, 6.45) is 3.44. The fourth-order valence-electron chi connectivity index (χ4n) is 2.55. The van der Waals surface area contributed by atoms with E-state index in [9.17, 15) is 4.79 Å². The Kier molecular flexibility index (Phi) is 6.65. The number of carbonyl (C=O) groups is 1. The van der Waals surface area contributed by atoms with E-state index in [0.29, 0.717) is 5.91 Å². The predicted octanol–water partition coefficient (Wildman–Crippen LogP) is 1.66. The molecule has 1 amide bonds. The number of amides is 1. The van der Waals surface area contributed by atoms with Crippen LogP contribution in [0.2, 0.25) is 0 Å². The van der Waals surface area contributed by atoms with Crippen LogP contribution in [-0.2, 0) is 4.79 Å². The average Bonchev–Trinajstić information content (AvgIpc) is 2.64. The van der Waals surface area contributed by atoms with E-state index in [1.54, 1.807) is 0 Å². The van der Waals surface area contributed by atoms with Gasteiger partial charge in [0.1, 0.15) is 0 Å². The molecular formula is C14H29N3O. The highest BCUT2D eigenvalue weighted by molar-refractivity contribution is 5.84. The molecule has 1 saturated heterocycles. The Labute approximate surface area is 112 Å². The molecule has 1 fully saturated rings. The highest BCUT2D eigenvalue weighted by Gasteiger charge is 2.35. The van der Waals surface area contributed by atoms with Crippen LogP contribution < -0.4 is 5.32 Å². The van der Waals surface area contributed by atoms with E-state index in [-0.39, 0.29) is 12.2 Å². The molecule has 0 aromatic rings. The molecule has 0 spiro atoms. The fraction of sp³-hybridized carbons (Fsp3) is 0.929. The largest absolute Gasteiger partial charge is 0.325 e. The van der Waals surface area contributed by atoms with E-state index in [2.05, 4.69) is 37.9 Å². The SMILES string of the molecule is CCCCC1NC(C)N(CCN(CC)CC)C1=O. The highest BCUT2D eigenvalue weighted by atomic mass is 16.2. The van der Waals surface area contributed by atoms with Crippen LogP contribution in [0.3, 0.4) is 0 Å². The zero-order chi connectivity index (χ0) is 13.5. The van der Waals surface area contributed by atoms with Crippen molar-refractivity contribution in [3.63, 3.8) is 0 Å². The number of nitrogens with one attached hydrogen (secondary N) is 1. The van der Waals surface area contributed by atoms with Gasteiger partial charge in [-0.05, 0) is 26.4 Å². The molecule has 0 aromatic heterocycles. The lowest BCUT2D eigenvalue weighted by atomic mass is 10.1. The number of rotatable bonds is 8. The van der Waals surface area contributed by atoms with Crippen LogP contribution in [0.15, 0.2) is 0 Å². The molecule has 2 atom stereocenters. The lowest BCUT2D eigenvalue weighted by Crippen LogP contribution is -2.40. The molecule has 18 heavy (non-hydrogen) atoms. The van der Waals surface area contributed by atoms with Gasteiger partial charge in [0.2, 0.25) is 5.91 Å². The summed E-state index contributed by atoms with van der Waals surface area (Å²) in [7, 11) is 0. The second kappa shape index (κ2) is 7.74. The van der Waals surface area contributed by atoms with Gasteiger partial charge in [-0.15, -0.1) is 0 Å². The minimum atomic E-state index is 0.0525. The number of nitrogens with zero attached hydrogens (tertiary/aromatic N) is 2. The van der Waals surface area contributed by atoms with Gasteiger partial charge in [0.25, 0.3) is 0 Å². The Morgan fingerprint density at radius 1 is 1.28 bits per heavy atom. The van der Waals surface area contributed by atoms with Crippen LogP contribution in [-0.4, -0.2) is 54.1 Å². The van der Waals surface area contributed by atoms with Crippen molar-refractivity contribution in [2.75, 3.05) is 26.2 Å². The number of likely N-dealkylation sites (N-methyl/N-ethyl adjacent to an activating group) is 1. The summed E-state index contributed by atoms with van der Waals surface area (Å²) < 4.78 is 0. The lowest BCUT2D eigenvalue weighted by molar-refractivity contribution is -0.130. The molecule has 1 rings (SSSR count). The van der Waals surface area contributed by atoms with Crippen LogP contribution in [0.4, 0.5) is 0 Å². The highest BCUT2D eigenvalue weighted by Crippen LogP contribution is 2.15. The van der Waals surface area contributed by atoms with Crippen LogP contribution in [0, 0.1) is 0 Å². The molecular weight excluding hydrogens is 226 g/mol. The maximum absolute atomic E-state index is 12.3. The third kappa shape index (κ3) is 3.95. The van der Waals surface area contributed by atoms with Gasteiger partial charge >= 0.3 is 0 Å². The third-order valence-electron chi connectivity index (χ3n) is 3.89. The molecule has 2 unspecified atom stereocenters. The predicted molar refractivity (Wildman–Crippen MR) is 75.4 cm³/mol. The summed E-state index contributed by atoms with van der Waals surface area (Å²) in [6, 6.07) is 0.0525. The molecule has 0 aliphatic carbocycles. The zero-order valence-corrected chi connectivity index (χ0v) is 12.4. The summed E-state index contributed by atoms with van der Waals surface area (Å²) >= 11 is 0. The Morgan fingerprint density at radius 3 is 2.50 bits per heavy atom. The minimum absolute atomic E-state index is 0.0525. The van der Waals surface area contributed by atoms with Crippen molar-refractivity contribution in [2.45, 2.75) is 59.2 Å². The Morgan fingerprint density at radius 2 is 1.94 bits per heavy atom. The van der Waals surface area contributed by atoms with Crippen LogP contribution in [0.1, 0.15) is 47.0 Å². The molecule has 1 heterocycles. The molecule has 0 saturated carbocycles. The quantitative estimate of drug-likeness (QED) is 0.716. The van der Waals surface area contributed by atoms with Crippen LogP contribution in [0.5, 0.6) is 0 Å².